The molecule has 0 saturated carbocycles. The molecule has 1 saturated heterocycles. The van der Waals surface area contributed by atoms with E-state index in [9.17, 15) is 15.0 Å². The van der Waals surface area contributed by atoms with Gasteiger partial charge in [-0.15, -0.1) is 0 Å². The number of nitrogens with one attached hydrogen (secondary N) is 1. The molecule has 3 atom stereocenters. The Morgan fingerprint density at radius 1 is 1.63 bits per heavy atom. The maximum absolute atomic E-state index is 11.6. The summed E-state index contributed by atoms with van der Waals surface area (Å²) in [5.74, 6) is 0. The first kappa shape index (κ1) is 12.3. The summed E-state index contributed by atoms with van der Waals surface area (Å²) in [6, 6.07) is 0. The second-order valence-electron chi connectivity index (χ2n) is 4.85. The monoisotopic (exact) mass is 266 g/mol. The van der Waals surface area contributed by atoms with Crippen molar-refractivity contribution in [1.29, 1.82) is 0 Å². The van der Waals surface area contributed by atoms with E-state index in [-0.39, 0.29) is 17.7 Å². The number of nitrogens with zero attached hydrogens (tertiary/aromatic N) is 3. The number of hydrogen-bond acceptors (Lipinski definition) is 6. The van der Waals surface area contributed by atoms with Gasteiger partial charge in [-0.1, -0.05) is 0 Å². The van der Waals surface area contributed by atoms with Crippen LogP contribution >= 0.6 is 0 Å². The molecule has 2 aromatic heterocycles. The highest BCUT2D eigenvalue weighted by atomic mass is 16.6. The fourth-order valence-electron chi connectivity index (χ4n) is 2.26. The Morgan fingerprint density at radius 2 is 2.42 bits per heavy atom. The van der Waals surface area contributed by atoms with Gasteiger partial charge in [0.2, 0.25) is 0 Å². The number of imidazole rings is 1. The highest BCUT2D eigenvalue weighted by Gasteiger charge is 2.45. The fourth-order valence-corrected chi connectivity index (χ4v) is 2.26. The van der Waals surface area contributed by atoms with Gasteiger partial charge >= 0.3 is 0 Å². The van der Waals surface area contributed by atoms with E-state index in [1.54, 1.807) is 11.5 Å². The van der Waals surface area contributed by atoms with E-state index in [2.05, 4.69) is 15.0 Å². The maximum Gasteiger partial charge on any atom is 0.278 e. The van der Waals surface area contributed by atoms with Crippen molar-refractivity contribution in [3.8, 4) is 0 Å². The van der Waals surface area contributed by atoms with Crippen LogP contribution in [0, 0.1) is 0 Å². The Bertz CT molecular complexity index is 666. The van der Waals surface area contributed by atoms with Gasteiger partial charge < -0.3 is 19.9 Å². The average molecular weight is 266 g/mol. The fraction of sp³-hybridized carbons (Fsp3) is 0.545. The highest BCUT2D eigenvalue weighted by Crippen LogP contribution is 2.36. The molecule has 8 nitrogen and oxygen atoms in total. The van der Waals surface area contributed by atoms with Crippen molar-refractivity contribution in [2.24, 2.45) is 0 Å². The Kier molecular flexibility index (Phi) is 2.66. The predicted octanol–water partition coefficient (Wildman–Crippen LogP) is -0.850. The Morgan fingerprint density at radius 3 is 3.11 bits per heavy atom. The molecule has 8 heteroatoms. The van der Waals surface area contributed by atoms with E-state index in [0.29, 0.717) is 12.1 Å². The summed E-state index contributed by atoms with van der Waals surface area (Å²) in [6.07, 6.45) is 1.75. The van der Waals surface area contributed by atoms with Crippen molar-refractivity contribution < 1.29 is 14.9 Å². The minimum atomic E-state index is -1.01. The minimum Gasteiger partial charge on any atom is -0.393 e. The molecule has 1 fully saturated rings. The third-order valence-corrected chi connectivity index (χ3v) is 3.52. The molecule has 2 aromatic rings. The molecule has 0 bridgehead atoms. The molecule has 3 N–H and O–H groups in total. The van der Waals surface area contributed by atoms with Gasteiger partial charge in [-0.3, -0.25) is 9.36 Å². The van der Waals surface area contributed by atoms with Gasteiger partial charge in [-0.25, -0.2) is 9.97 Å². The van der Waals surface area contributed by atoms with Crippen LogP contribution in [0.25, 0.3) is 11.2 Å². The summed E-state index contributed by atoms with van der Waals surface area (Å²) < 4.78 is 7.27. The summed E-state index contributed by atoms with van der Waals surface area (Å²) in [5, 5.41) is 19.2. The Hall–Kier alpha value is -1.77. The number of aliphatic hydroxyl groups is 2. The predicted molar refractivity (Wildman–Crippen MR) is 64.4 cm³/mol. The standard InChI is InChI=1S/C11H14N4O4/c1-11(3-16)6(17)2-7(19-11)15-5-14-8-9(15)12-4-13-10(8)18/h4-7,16-17H,2-3H2,1H3,(H,12,13,18)/t6-,7+,11+/m0/s1. The van der Waals surface area contributed by atoms with Crippen molar-refractivity contribution in [3.63, 3.8) is 0 Å². The van der Waals surface area contributed by atoms with Gasteiger partial charge in [0, 0.05) is 6.42 Å². The van der Waals surface area contributed by atoms with Gasteiger partial charge in [-0.05, 0) is 6.92 Å². The topological polar surface area (TPSA) is 113 Å². The van der Waals surface area contributed by atoms with Gasteiger partial charge in [-0.2, -0.15) is 0 Å². The molecule has 0 aromatic carbocycles. The number of aliphatic hydroxyl groups excluding tert-OH is 2. The van der Waals surface area contributed by atoms with E-state index in [1.807, 2.05) is 0 Å². The molecule has 1 aliphatic rings. The van der Waals surface area contributed by atoms with Crippen LogP contribution in [0.4, 0.5) is 0 Å². The highest BCUT2D eigenvalue weighted by molar-refractivity contribution is 5.68. The number of aromatic nitrogens is 4. The van der Waals surface area contributed by atoms with Crippen molar-refractivity contribution in [3.05, 3.63) is 23.0 Å². The van der Waals surface area contributed by atoms with Gasteiger partial charge in [0.25, 0.3) is 5.56 Å². The van der Waals surface area contributed by atoms with Crippen molar-refractivity contribution in [2.75, 3.05) is 6.61 Å². The SMILES string of the molecule is C[C@]1(CO)O[C@@H](n2cnc3c(=O)[nH]cnc32)C[C@@H]1O. The van der Waals surface area contributed by atoms with E-state index in [1.165, 1.54) is 12.7 Å². The summed E-state index contributed by atoms with van der Waals surface area (Å²) in [6.45, 7) is 1.35. The van der Waals surface area contributed by atoms with Crippen LogP contribution in [-0.2, 0) is 4.74 Å². The first-order valence-electron chi connectivity index (χ1n) is 5.92. The van der Waals surface area contributed by atoms with Crippen molar-refractivity contribution in [1.82, 2.24) is 19.5 Å². The number of H-pyrrole nitrogens is 1. The quantitative estimate of drug-likeness (QED) is 0.652. The first-order chi connectivity index (χ1) is 9.05. The lowest BCUT2D eigenvalue weighted by atomic mass is 10.0. The van der Waals surface area contributed by atoms with Gasteiger partial charge in [0.1, 0.15) is 11.8 Å². The molecule has 19 heavy (non-hydrogen) atoms. The van der Waals surface area contributed by atoms with E-state index < -0.39 is 17.9 Å². The van der Waals surface area contributed by atoms with E-state index in [0.717, 1.165) is 0 Å². The van der Waals surface area contributed by atoms with E-state index in [4.69, 9.17) is 4.74 Å². The van der Waals surface area contributed by atoms with Crippen LogP contribution in [0.2, 0.25) is 0 Å². The summed E-state index contributed by atoms with van der Waals surface area (Å²) in [5.41, 5.74) is -0.726. The molecular weight excluding hydrogens is 252 g/mol. The van der Waals surface area contributed by atoms with Gasteiger partial charge in [0.15, 0.2) is 11.2 Å². The molecule has 102 valence electrons. The lowest BCUT2D eigenvalue weighted by molar-refractivity contribution is -0.115. The molecule has 0 aliphatic carbocycles. The van der Waals surface area contributed by atoms with Crippen LogP contribution in [-0.4, -0.2) is 48.0 Å². The number of aromatic amines is 1. The molecule has 0 radical (unpaired) electrons. The molecule has 0 spiro atoms. The second kappa shape index (κ2) is 4.12. The van der Waals surface area contributed by atoms with Gasteiger partial charge in [0.05, 0.1) is 25.4 Å². The average Bonchev–Trinajstić information content (AvgIpc) is 2.94. The molecule has 0 unspecified atom stereocenters. The molecule has 3 rings (SSSR count). The normalized spacial score (nSPS) is 31.1. The molecule has 1 aliphatic heterocycles. The van der Waals surface area contributed by atoms with Crippen LogP contribution in [0.1, 0.15) is 19.6 Å². The Balaban J connectivity index is 2.03. The third kappa shape index (κ3) is 1.76. The second-order valence-corrected chi connectivity index (χ2v) is 4.85. The smallest absolute Gasteiger partial charge is 0.278 e. The summed E-state index contributed by atoms with van der Waals surface area (Å²) in [7, 11) is 0. The number of hydrogen-bond donors (Lipinski definition) is 3. The maximum atomic E-state index is 11.6. The van der Waals surface area contributed by atoms with Crippen LogP contribution in [0.5, 0.6) is 0 Å². The number of fused-ring (bicyclic) bond motifs is 1. The zero-order chi connectivity index (χ0) is 13.6. The van der Waals surface area contributed by atoms with Crippen molar-refractivity contribution >= 4 is 11.2 Å². The summed E-state index contributed by atoms with van der Waals surface area (Å²) in [4.78, 5) is 22.1. The van der Waals surface area contributed by atoms with Crippen molar-refractivity contribution in [2.45, 2.75) is 31.3 Å². The molecular formula is C11H14N4O4. The summed E-state index contributed by atoms with van der Waals surface area (Å²) >= 11 is 0. The number of rotatable bonds is 2. The Labute approximate surface area is 107 Å². The first-order valence-corrected chi connectivity index (χ1v) is 5.92. The van der Waals surface area contributed by atoms with Crippen LogP contribution < -0.4 is 5.56 Å². The van der Waals surface area contributed by atoms with Crippen LogP contribution in [0.15, 0.2) is 17.4 Å². The zero-order valence-electron chi connectivity index (χ0n) is 10.3. The molecule has 0 amide bonds. The molecule has 3 heterocycles. The van der Waals surface area contributed by atoms with Crippen LogP contribution in [0.3, 0.4) is 0 Å². The third-order valence-electron chi connectivity index (χ3n) is 3.52. The zero-order valence-corrected chi connectivity index (χ0v) is 10.3. The van der Waals surface area contributed by atoms with E-state index >= 15 is 0 Å². The number of ether oxygens (including phenoxy) is 1. The largest absolute Gasteiger partial charge is 0.393 e. The lowest BCUT2D eigenvalue weighted by Gasteiger charge is -2.24. The minimum absolute atomic E-state index is 0.221. The lowest BCUT2D eigenvalue weighted by Crippen LogP contribution is -2.39.